The van der Waals surface area contributed by atoms with Crippen molar-refractivity contribution in [2.45, 2.75) is 18.9 Å². The minimum Gasteiger partial charge on any atom is -0.467 e. The summed E-state index contributed by atoms with van der Waals surface area (Å²) in [6, 6.07) is 1.64. The SMILES string of the molecule is COC(=O)[C@@H]1CC/C(=C/C#N)N1. The Kier molecular flexibility index (Phi) is 2.70. The minimum absolute atomic E-state index is 0.267. The smallest absolute Gasteiger partial charge is 0.328 e. The average molecular weight is 166 g/mol. The molecule has 1 atom stereocenters. The molecule has 0 aromatic carbocycles. The molecule has 0 radical (unpaired) electrons. The van der Waals surface area contributed by atoms with Gasteiger partial charge < -0.3 is 10.1 Å². The van der Waals surface area contributed by atoms with Gasteiger partial charge in [0, 0.05) is 11.8 Å². The molecule has 0 aromatic heterocycles. The molecule has 0 aliphatic carbocycles. The predicted octanol–water partition coefficient (Wildman–Crippen LogP) is 0.319. The molecule has 0 amide bonds. The number of carbonyl (C=O) groups is 1. The van der Waals surface area contributed by atoms with Crippen LogP contribution < -0.4 is 5.32 Å². The Morgan fingerprint density at radius 1 is 1.92 bits per heavy atom. The fourth-order valence-corrected chi connectivity index (χ4v) is 1.18. The summed E-state index contributed by atoms with van der Waals surface area (Å²) in [4.78, 5) is 11.0. The van der Waals surface area contributed by atoms with E-state index in [4.69, 9.17) is 5.26 Å². The Bertz CT molecular complexity index is 252. The molecule has 1 rings (SSSR count). The van der Waals surface area contributed by atoms with Crippen LogP contribution in [-0.4, -0.2) is 19.1 Å². The first-order valence-electron chi connectivity index (χ1n) is 3.71. The summed E-state index contributed by atoms with van der Waals surface area (Å²) in [5.41, 5.74) is 0.813. The van der Waals surface area contributed by atoms with E-state index in [9.17, 15) is 4.79 Å². The number of nitrogens with zero attached hydrogens (tertiary/aromatic N) is 1. The van der Waals surface area contributed by atoms with Crippen LogP contribution in [0.1, 0.15) is 12.8 Å². The molecule has 0 aromatic rings. The first kappa shape index (κ1) is 8.60. The topological polar surface area (TPSA) is 62.1 Å². The molecule has 1 N–H and O–H groups in total. The van der Waals surface area contributed by atoms with Crippen LogP contribution in [0, 0.1) is 11.3 Å². The Morgan fingerprint density at radius 2 is 2.67 bits per heavy atom. The van der Waals surface area contributed by atoms with Gasteiger partial charge in [0.25, 0.3) is 0 Å². The Hall–Kier alpha value is -1.50. The number of allylic oxidation sites excluding steroid dienone is 2. The predicted molar refractivity (Wildman–Crippen MR) is 41.9 cm³/mol. The van der Waals surface area contributed by atoms with E-state index in [-0.39, 0.29) is 12.0 Å². The number of rotatable bonds is 1. The second-order valence-corrected chi connectivity index (χ2v) is 2.56. The number of ether oxygens (including phenoxy) is 1. The molecule has 1 fully saturated rings. The first-order chi connectivity index (χ1) is 5.77. The van der Waals surface area contributed by atoms with Gasteiger partial charge in [-0.1, -0.05) is 0 Å². The van der Waals surface area contributed by atoms with E-state index in [0.717, 1.165) is 12.1 Å². The summed E-state index contributed by atoms with van der Waals surface area (Å²) in [6.07, 6.45) is 2.87. The zero-order valence-electron chi connectivity index (χ0n) is 6.83. The monoisotopic (exact) mass is 166 g/mol. The van der Waals surface area contributed by atoms with Crippen molar-refractivity contribution in [3.63, 3.8) is 0 Å². The molecule has 1 aliphatic rings. The molecule has 0 bridgehead atoms. The quantitative estimate of drug-likeness (QED) is 0.450. The van der Waals surface area contributed by atoms with E-state index in [0.29, 0.717) is 6.42 Å². The van der Waals surface area contributed by atoms with Gasteiger partial charge in [0.05, 0.1) is 13.2 Å². The van der Waals surface area contributed by atoms with Crippen LogP contribution >= 0.6 is 0 Å². The molecular formula is C8H10N2O2. The lowest BCUT2D eigenvalue weighted by Gasteiger charge is -2.06. The number of nitrogens with one attached hydrogen (secondary N) is 1. The molecule has 4 heteroatoms. The van der Waals surface area contributed by atoms with Crippen molar-refractivity contribution in [3.05, 3.63) is 11.8 Å². The highest BCUT2D eigenvalue weighted by Gasteiger charge is 2.25. The molecule has 0 saturated carbocycles. The second-order valence-electron chi connectivity index (χ2n) is 2.56. The van der Waals surface area contributed by atoms with Crippen molar-refractivity contribution in [3.8, 4) is 6.07 Å². The van der Waals surface area contributed by atoms with E-state index < -0.39 is 0 Å². The van der Waals surface area contributed by atoms with Gasteiger partial charge in [0.15, 0.2) is 0 Å². The lowest BCUT2D eigenvalue weighted by atomic mass is 10.2. The van der Waals surface area contributed by atoms with E-state index in [2.05, 4.69) is 10.1 Å². The van der Waals surface area contributed by atoms with E-state index in [1.54, 1.807) is 0 Å². The lowest BCUT2D eigenvalue weighted by Crippen LogP contribution is -2.30. The van der Waals surface area contributed by atoms with Gasteiger partial charge in [-0.25, -0.2) is 4.79 Å². The van der Waals surface area contributed by atoms with E-state index in [1.165, 1.54) is 13.2 Å². The van der Waals surface area contributed by atoms with Crippen LogP contribution in [0.4, 0.5) is 0 Å². The Labute approximate surface area is 70.8 Å². The van der Waals surface area contributed by atoms with E-state index >= 15 is 0 Å². The average Bonchev–Trinajstić information content (AvgIpc) is 2.52. The van der Waals surface area contributed by atoms with Gasteiger partial charge in [0.2, 0.25) is 0 Å². The summed E-state index contributed by atoms with van der Waals surface area (Å²) in [5.74, 6) is -0.267. The third kappa shape index (κ3) is 1.76. The minimum atomic E-state index is -0.269. The largest absolute Gasteiger partial charge is 0.467 e. The summed E-state index contributed by atoms with van der Waals surface area (Å²) in [6.45, 7) is 0. The maximum Gasteiger partial charge on any atom is 0.328 e. The lowest BCUT2D eigenvalue weighted by molar-refractivity contribution is -0.142. The molecule has 1 aliphatic heterocycles. The zero-order valence-corrected chi connectivity index (χ0v) is 6.83. The van der Waals surface area contributed by atoms with Gasteiger partial charge in [-0.3, -0.25) is 0 Å². The number of methoxy groups -OCH3 is 1. The number of hydrogen-bond acceptors (Lipinski definition) is 4. The number of hydrogen-bond donors (Lipinski definition) is 1. The van der Waals surface area contributed by atoms with Gasteiger partial charge in [0.1, 0.15) is 6.04 Å². The standard InChI is InChI=1S/C8H10N2O2/c1-12-8(11)7-3-2-6(10-7)4-5-9/h4,7,10H,2-3H2,1H3/b6-4-/t7-/m0/s1. The number of carbonyl (C=O) groups excluding carboxylic acids is 1. The van der Waals surface area contributed by atoms with Gasteiger partial charge >= 0.3 is 5.97 Å². The van der Waals surface area contributed by atoms with Crippen molar-refractivity contribution in [1.82, 2.24) is 5.32 Å². The van der Waals surface area contributed by atoms with E-state index in [1.807, 2.05) is 6.07 Å². The molecule has 4 nitrogen and oxygen atoms in total. The van der Waals surface area contributed by atoms with Crippen molar-refractivity contribution in [2.24, 2.45) is 0 Å². The van der Waals surface area contributed by atoms with Crippen molar-refractivity contribution >= 4 is 5.97 Å². The Morgan fingerprint density at radius 3 is 3.25 bits per heavy atom. The fraction of sp³-hybridized carbons (Fsp3) is 0.500. The van der Waals surface area contributed by atoms with Crippen LogP contribution in [-0.2, 0) is 9.53 Å². The molecule has 1 heterocycles. The molecule has 64 valence electrons. The van der Waals surface area contributed by atoms with Gasteiger partial charge in [-0.15, -0.1) is 0 Å². The zero-order chi connectivity index (χ0) is 8.97. The highest BCUT2D eigenvalue weighted by atomic mass is 16.5. The third-order valence-electron chi connectivity index (χ3n) is 1.79. The van der Waals surface area contributed by atoms with Crippen molar-refractivity contribution < 1.29 is 9.53 Å². The number of esters is 1. The molecular weight excluding hydrogens is 156 g/mol. The van der Waals surface area contributed by atoms with Gasteiger partial charge in [-0.05, 0) is 12.8 Å². The second kappa shape index (κ2) is 3.77. The van der Waals surface area contributed by atoms with Crippen LogP contribution in [0.2, 0.25) is 0 Å². The van der Waals surface area contributed by atoms with Crippen LogP contribution in [0.15, 0.2) is 11.8 Å². The fourth-order valence-electron chi connectivity index (χ4n) is 1.18. The maximum atomic E-state index is 11.0. The third-order valence-corrected chi connectivity index (χ3v) is 1.79. The highest BCUT2D eigenvalue weighted by Crippen LogP contribution is 2.15. The molecule has 1 saturated heterocycles. The van der Waals surface area contributed by atoms with Crippen molar-refractivity contribution in [2.75, 3.05) is 7.11 Å². The van der Waals surface area contributed by atoms with Gasteiger partial charge in [-0.2, -0.15) is 5.26 Å². The number of nitriles is 1. The van der Waals surface area contributed by atoms with Crippen LogP contribution in [0.5, 0.6) is 0 Å². The Balaban J connectivity index is 2.52. The first-order valence-corrected chi connectivity index (χ1v) is 3.71. The van der Waals surface area contributed by atoms with Crippen LogP contribution in [0.3, 0.4) is 0 Å². The maximum absolute atomic E-state index is 11.0. The molecule has 12 heavy (non-hydrogen) atoms. The van der Waals surface area contributed by atoms with Crippen molar-refractivity contribution in [1.29, 1.82) is 5.26 Å². The summed E-state index contributed by atoms with van der Waals surface area (Å²) in [5, 5.41) is 11.2. The summed E-state index contributed by atoms with van der Waals surface area (Å²) < 4.78 is 4.55. The molecule has 0 spiro atoms. The summed E-state index contributed by atoms with van der Waals surface area (Å²) in [7, 11) is 1.36. The summed E-state index contributed by atoms with van der Waals surface area (Å²) >= 11 is 0. The highest BCUT2D eigenvalue weighted by molar-refractivity contribution is 5.76. The van der Waals surface area contributed by atoms with Crippen LogP contribution in [0.25, 0.3) is 0 Å². The normalized spacial score (nSPS) is 24.7. The molecule has 0 unspecified atom stereocenters.